The minimum atomic E-state index is -0.615. The molecule has 3 aromatic carbocycles. The summed E-state index contributed by atoms with van der Waals surface area (Å²) in [5.74, 6) is 0. The highest BCUT2D eigenvalue weighted by molar-refractivity contribution is 5.97. The summed E-state index contributed by atoms with van der Waals surface area (Å²) in [7, 11) is 0. The number of hydrogen-bond donors (Lipinski definition) is 1. The monoisotopic (exact) mass is 352 g/mol. The number of fused-ring (bicyclic) bond motifs is 2. The van der Waals surface area contributed by atoms with Gasteiger partial charge in [-0.25, -0.2) is 0 Å². The van der Waals surface area contributed by atoms with E-state index in [4.69, 9.17) is 0 Å². The first-order chi connectivity index (χ1) is 13.2. The average molecular weight is 352 g/mol. The van der Waals surface area contributed by atoms with Gasteiger partial charge >= 0.3 is 0 Å². The van der Waals surface area contributed by atoms with Gasteiger partial charge in [0.2, 0.25) is 0 Å². The fourth-order valence-electron chi connectivity index (χ4n) is 4.84. The number of aliphatic hydroxyl groups is 1. The number of hydrogen-bond acceptors (Lipinski definition) is 1. The first-order valence-electron chi connectivity index (χ1n) is 9.87. The van der Waals surface area contributed by atoms with E-state index < -0.39 is 5.60 Å². The maximum Gasteiger partial charge on any atom is 0.0731 e. The van der Waals surface area contributed by atoms with E-state index >= 15 is 0 Å². The van der Waals surface area contributed by atoms with E-state index in [2.05, 4.69) is 78.9 Å². The molecule has 1 N–H and O–H groups in total. The zero-order valence-electron chi connectivity index (χ0n) is 15.5. The Kier molecular flexibility index (Phi) is 3.98. The highest BCUT2D eigenvalue weighted by atomic mass is 16.3. The molecule has 0 spiro atoms. The molecule has 0 heterocycles. The van der Waals surface area contributed by atoms with E-state index in [9.17, 15) is 5.11 Å². The summed E-state index contributed by atoms with van der Waals surface area (Å²) in [6.45, 7) is 0. The van der Waals surface area contributed by atoms with Crippen molar-refractivity contribution in [2.24, 2.45) is 0 Å². The molecule has 0 aliphatic heterocycles. The lowest BCUT2D eigenvalue weighted by Gasteiger charge is -2.23. The molecule has 134 valence electrons. The fraction of sp³-hybridized carbons (Fsp3) is 0.231. The van der Waals surface area contributed by atoms with Crippen LogP contribution in [0.25, 0.3) is 11.1 Å². The quantitative estimate of drug-likeness (QED) is 0.661. The zero-order valence-corrected chi connectivity index (χ0v) is 15.5. The Balaban J connectivity index is 1.45. The van der Waals surface area contributed by atoms with Crippen LogP contribution in [-0.4, -0.2) is 10.7 Å². The third-order valence-electron chi connectivity index (χ3n) is 6.19. The Morgan fingerprint density at radius 1 is 0.704 bits per heavy atom. The van der Waals surface area contributed by atoms with E-state index in [1.54, 1.807) is 0 Å². The first kappa shape index (κ1) is 16.5. The molecule has 0 saturated heterocycles. The number of rotatable bonds is 4. The Morgan fingerprint density at radius 3 is 2.00 bits per heavy atom. The molecule has 0 amide bonds. The summed E-state index contributed by atoms with van der Waals surface area (Å²) < 4.78 is 0. The van der Waals surface area contributed by atoms with E-state index in [-0.39, 0.29) is 0 Å². The Bertz CT molecular complexity index is 988. The molecule has 0 aromatic heterocycles. The lowest BCUT2D eigenvalue weighted by molar-refractivity contribution is 0.0440. The summed E-state index contributed by atoms with van der Waals surface area (Å²) in [5.41, 5.74) is 8.94. The van der Waals surface area contributed by atoms with E-state index in [0.29, 0.717) is 0 Å². The van der Waals surface area contributed by atoms with Crippen molar-refractivity contribution < 1.29 is 5.11 Å². The molecule has 0 atom stereocenters. The van der Waals surface area contributed by atoms with Crippen LogP contribution >= 0.6 is 0 Å². The van der Waals surface area contributed by atoms with Crippen LogP contribution in [0.4, 0.5) is 0 Å². The molecule has 0 bridgehead atoms. The maximum atomic E-state index is 11.3. The summed E-state index contributed by atoms with van der Waals surface area (Å²) >= 11 is 0. The Morgan fingerprint density at radius 2 is 1.30 bits per heavy atom. The lowest BCUT2D eigenvalue weighted by atomic mass is 9.88. The van der Waals surface area contributed by atoms with Gasteiger partial charge in [0.1, 0.15) is 0 Å². The SMILES string of the molecule is OC1(CCC2=C(c3ccccc3)Cc3ccccc32)Cc2ccccc2C1. The van der Waals surface area contributed by atoms with Gasteiger partial charge in [-0.2, -0.15) is 0 Å². The van der Waals surface area contributed by atoms with Gasteiger partial charge in [0.15, 0.2) is 0 Å². The van der Waals surface area contributed by atoms with Gasteiger partial charge in [-0.15, -0.1) is 0 Å². The van der Waals surface area contributed by atoms with Crippen molar-refractivity contribution in [2.45, 2.75) is 37.7 Å². The topological polar surface area (TPSA) is 20.2 Å². The second kappa shape index (κ2) is 6.51. The van der Waals surface area contributed by atoms with Crippen molar-refractivity contribution in [1.82, 2.24) is 0 Å². The molecular weight excluding hydrogens is 328 g/mol. The third kappa shape index (κ3) is 3.02. The van der Waals surface area contributed by atoms with Crippen LogP contribution in [0.1, 0.15) is 40.7 Å². The van der Waals surface area contributed by atoms with Crippen LogP contribution in [0.5, 0.6) is 0 Å². The molecule has 0 radical (unpaired) electrons. The van der Waals surface area contributed by atoms with Gasteiger partial charge in [-0.1, -0.05) is 78.9 Å². The third-order valence-corrected chi connectivity index (χ3v) is 6.19. The predicted octanol–water partition coefficient (Wildman–Crippen LogP) is 5.46. The molecule has 27 heavy (non-hydrogen) atoms. The molecule has 0 fully saturated rings. The van der Waals surface area contributed by atoms with Crippen molar-refractivity contribution in [2.75, 3.05) is 0 Å². The summed E-state index contributed by atoms with van der Waals surface area (Å²) in [6.07, 6.45) is 4.28. The van der Waals surface area contributed by atoms with Crippen LogP contribution in [0.2, 0.25) is 0 Å². The van der Waals surface area contributed by atoms with Crippen molar-refractivity contribution in [1.29, 1.82) is 0 Å². The summed E-state index contributed by atoms with van der Waals surface area (Å²) in [6, 6.07) is 27.9. The second-order valence-electron chi connectivity index (χ2n) is 8.00. The van der Waals surface area contributed by atoms with E-state index in [1.165, 1.54) is 39.0 Å². The first-order valence-corrected chi connectivity index (χ1v) is 9.87. The minimum Gasteiger partial charge on any atom is -0.389 e. The molecular formula is C26H24O. The summed E-state index contributed by atoms with van der Waals surface area (Å²) in [5, 5.41) is 11.3. The van der Waals surface area contributed by atoms with Gasteiger partial charge in [-0.3, -0.25) is 0 Å². The average Bonchev–Trinajstić information content (AvgIpc) is 3.24. The van der Waals surface area contributed by atoms with Crippen molar-refractivity contribution in [3.05, 3.63) is 107 Å². The highest BCUT2D eigenvalue weighted by Crippen LogP contribution is 2.43. The van der Waals surface area contributed by atoms with Crippen LogP contribution in [0, 0.1) is 0 Å². The summed E-state index contributed by atoms with van der Waals surface area (Å²) in [4.78, 5) is 0. The molecule has 0 saturated carbocycles. The molecule has 1 nitrogen and oxygen atoms in total. The lowest BCUT2D eigenvalue weighted by Crippen LogP contribution is -2.29. The largest absolute Gasteiger partial charge is 0.389 e. The highest BCUT2D eigenvalue weighted by Gasteiger charge is 2.35. The molecule has 5 rings (SSSR count). The minimum absolute atomic E-state index is 0.615. The van der Waals surface area contributed by atoms with Gasteiger partial charge in [0.25, 0.3) is 0 Å². The molecule has 1 heteroatoms. The van der Waals surface area contributed by atoms with E-state index in [0.717, 1.165) is 32.1 Å². The second-order valence-corrected chi connectivity index (χ2v) is 8.00. The Labute approximate surface area is 161 Å². The molecule has 3 aromatic rings. The van der Waals surface area contributed by atoms with Crippen LogP contribution < -0.4 is 0 Å². The maximum absolute atomic E-state index is 11.3. The number of benzene rings is 3. The predicted molar refractivity (Wildman–Crippen MR) is 111 cm³/mol. The zero-order chi connectivity index (χ0) is 18.3. The van der Waals surface area contributed by atoms with Crippen molar-refractivity contribution in [3.63, 3.8) is 0 Å². The van der Waals surface area contributed by atoms with Crippen LogP contribution in [0.15, 0.2) is 78.9 Å². The van der Waals surface area contributed by atoms with Gasteiger partial charge < -0.3 is 5.11 Å². The van der Waals surface area contributed by atoms with E-state index in [1.807, 2.05) is 0 Å². The normalized spacial score (nSPS) is 17.1. The van der Waals surface area contributed by atoms with Gasteiger partial charge in [0, 0.05) is 12.8 Å². The molecule has 2 aliphatic carbocycles. The van der Waals surface area contributed by atoms with Crippen molar-refractivity contribution in [3.8, 4) is 0 Å². The van der Waals surface area contributed by atoms with Crippen LogP contribution in [-0.2, 0) is 19.3 Å². The van der Waals surface area contributed by atoms with Gasteiger partial charge in [-0.05, 0) is 58.2 Å². The fourth-order valence-corrected chi connectivity index (χ4v) is 4.84. The number of allylic oxidation sites excluding steroid dienone is 2. The van der Waals surface area contributed by atoms with Crippen molar-refractivity contribution >= 4 is 11.1 Å². The molecule has 0 unspecified atom stereocenters. The molecule has 2 aliphatic rings. The van der Waals surface area contributed by atoms with Crippen LogP contribution in [0.3, 0.4) is 0 Å². The Hall–Kier alpha value is -2.64. The smallest absolute Gasteiger partial charge is 0.0731 e. The van der Waals surface area contributed by atoms with Gasteiger partial charge in [0.05, 0.1) is 5.60 Å². The standard InChI is InChI=1S/C26H24O/c27-26(17-21-11-4-5-12-22(21)18-26)15-14-24-23-13-7-6-10-20(23)16-25(24)19-8-2-1-3-9-19/h1-13,27H,14-18H2.